The number of benzene rings is 1. The molecule has 0 aliphatic rings. The molecule has 0 atom stereocenters. The van der Waals surface area contributed by atoms with Gasteiger partial charge in [-0.15, -0.1) is 0 Å². The van der Waals surface area contributed by atoms with Crippen LogP contribution in [0.5, 0.6) is 0 Å². The number of aliphatic hydroxyl groups excluding tert-OH is 2. The van der Waals surface area contributed by atoms with Crippen molar-refractivity contribution in [2.45, 2.75) is 9.07 Å². The predicted molar refractivity (Wildman–Crippen MR) is 81.5 cm³/mol. The summed E-state index contributed by atoms with van der Waals surface area (Å²) in [6.45, 7) is 1.81. The smallest absolute Gasteiger partial charge is 0.160 e. The van der Waals surface area contributed by atoms with Gasteiger partial charge in [0.2, 0.25) is 0 Å². The van der Waals surface area contributed by atoms with Crippen molar-refractivity contribution >= 4 is 63.7 Å². The van der Waals surface area contributed by atoms with E-state index in [9.17, 15) is 0 Å². The van der Waals surface area contributed by atoms with E-state index in [4.69, 9.17) is 10.2 Å². The second-order valence-corrected chi connectivity index (χ2v) is 10.5. The molecule has 0 aromatic heterocycles. The first-order valence-electron chi connectivity index (χ1n) is 4.38. The van der Waals surface area contributed by atoms with Gasteiger partial charge in [-0.2, -0.15) is 0 Å². The lowest BCUT2D eigenvalue weighted by molar-refractivity contribution is 0.186. The Kier molecular flexibility index (Phi) is 8.76. The van der Waals surface area contributed by atoms with Crippen LogP contribution in [0.3, 0.4) is 0 Å². The normalized spacial score (nSPS) is 10.7. The van der Waals surface area contributed by atoms with Crippen LogP contribution in [-0.4, -0.2) is 23.4 Å². The maximum absolute atomic E-state index is 7.62. The molecule has 0 radical (unpaired) electrons. The molecule has 1 aromatic rings. The molecule has 2 N–H and O–H groups in total. The first-order chi connectivity index (χ1) is 7.32. The van der Waals surface area contributed by atoms with Crippen LogP contribution in [0.15, 0.2) is 22.7 Å². The molecule has 92 valence electrons. The summed E-state index contributed by atoms with van der Waals surface area (Å²) in [5.74, 6) is 0. The number of alkyl halides is 3. The van der Waals surface area contributed by atoms with E-state index in [1.165, 1.54) is 5.56 Å². The summed E-state index contributed by atoms with van der Waals surface area (Å²) in [7, 11) is 0. The first-order valence-corrected chi connectivity index (χ1v) is 7.55. The van der Waals surface area contributed by atoms with Crippen LogP contribution in [0.4, 0.5) is 0 Å². The third-order valence-electron chi connectivity index (χ3n) is 1.53. The maximum atomic E-state index is 7.62. The van der Waals surface area contributed by atoms with E-state index in [0.717, 1.165) is 10.0 Å². The fraction of sp³-hybridized carbons (Fsp3) is 0.400. The fourth-order valence-corrected chi connectivity index (χ4v) is 3.48. The van der Waals surface area contributed by atoms with Crippen molar-refractivity contribution in [3.63, 3.8) is 0 Å². The molecule has 0 aliphatic carbocycles. The van der Waals surface area contributed by atoms with Crippen molar-refractivity contribution in [2.24, 2.45) is 0 Å². The van der Waals surface area contributed by atoms with E-state index in [-0.39, 0.29) is 15.4 Å². The molecule has 0 unspecified atom stereocenters. The maximum Gasteiger partial charge on any atom is 0.160 e. The van der Waals surface area contributed by atoms with Crippen LogP contribution in [-0.2, 0) is 2.14 Å². The van der Waals surface area contributed by atoms with Gasteiger partial charge in [0, 0.05) is 10.0 Å². The van der Waals surface area contributed by atoms with Gasteiger partial charge in [-0.05, 0) is 18.6 Å². The highest BCUT2D eigenvalue weighted by atomic mass is 80.0. The number of halogens is 4. The number of hydrogen-bond donors (Lipinski definition) is 2. The Morgan fingerprint density at radius 2 is 1.62 bits per heavy atom. The van der Waals surface area contributed by atoms with Crippen molar-refractivity contribution in [3.05, 3.63) is 33.8 Å². The first kappa shape index (κ1) is 17.1. The lowest BCUT2D eigenvalue weighted by Crippen LogP contribution is -1.98. The Balaban J connectivity index is 0.000000487. The Morgan fingerprint density at radius 1 is 1.12 bits per heavy atom. The zero-order valence-electron chi connectivity index (χ0n) is 8.55. The highest BCUT2D eigenvalue weighted by molar-refractivity contribution is 9.38. The molecule has 16 heavy (non-hydrogen) atoms. The number of aliphatic hydroxyl groups is 2. The van der Waals surface area contributed by atoms with Crippen molar-refractivity contribution in [1.29, 1.82) is 0 Å². The van der Waals surface area contributed by atoms with Crippen molar-refractivity contribution in [3.8, 4) is 0 Å². The Bertz CT molecular complexity index is 321. The molecular formula is C10H12Br4O2. The summed E-state index contributed by atoms with van der Waals surface area (Å²) < 4.78 is 0.743. The van der Waals surface area contributed by atoms with E-state index in [0.29, 0.717) is 0 Å². The van der Waals surface area contributed by atoms with Gasteiger partial charge in [-0.1, -0.05) is 75.9 Å². The molecule has 0 fully saturated rings. The molecule has 1 rings (SSSR count). The molecule has 1 aromatic carbocycles. The molecule has 0 saturated heterocycles. The van der Waals surface area contributed by atoms with Crippen molar-refractivity contribution < 1.29 is 10.2 Å². The lowest BCUT2D eigenvalue weighted by atomic mass is 10.2. The standard InChI is InChI=1S/C8H6Br4.C2H6O2/c1-5-2-3-6(7(9)4-5)8(10,11)12;3-1-2-4/h2-4H,1H3;3-4H,1-2H2. The molecule has 0 bridgehead atoms. The summed E-state index contributed by atoms with van der Waals surface area (Å²) in [6, 6.07) is 6.20. The second-order valence-electron chi connectivity index (χ2n) is 2.93. The number of rotatable bonds is 1. The topological polar surface area (TPSA) is 40.5 Å². The number of aryl methyl sites for hydroxylation is 1. The van der Waals surface area contributed by atoms with E-state index in [2.05, 4.69) is 88.8 Å². The van der Waals surface area contributed by atoms with Crippen LogP contribution in [0.25, 0.3) is 0 Å². The van der Waals surface area contributed by atoms with Gasteiger partial charge in [0.05, 0.1) is 13.2 Å². The van der Waals surface area contributed by atoms with Gasteiger partial charge in [0.15, 0.2) is 2.14 Å². The lowest BCUT2D eigenvalue weighted by Gasteiger charge is -2.14. The van der Waals surface area contributed by atoms with E-state index < -0.39 is 0 Å². The summed E-state index contributed by atoms with van der Waals surface area (Å²) in [4.78, 5) is 0. The highest BCUT2D eigenvalue weighted by Gasteiger charge is 2.23. The predicted octanol–water partition coefficient (Wildman–Crippen LogP) is 4.02. The minimum absolute atomic E-state index is 0.125. The second kappa shape index (κ2) is 8.21. The molecule has 0 heterocycles. The van der Waals surface area contributed by atoms with Crippen molar-refractivity contribution in [1.82, 2.24) is 0 Å². The molecule has 0 saturated carbocycles. The summed E-state index contributed by atoms with van der Waals surface area (Å²) in [6.07, 6.45) is 0. The van der Waals surface area contributed by atoms with Gasteiger partial charge >= 0.3 is 0 Å². The van der Waals surface area contributed by atoms with E-state index in [1.54, 1.807) is 0 Å². The van der Waals surface area contributed by atoms with Crippen LogP contribution < -0.4 is 0 Å². The molecular weight excluding hydrogens is 472 g/mol. The van der Waals surface area contributed by atoms with Crippen LogP contribution in [0.2, 0.25) is 0 Å². The van der Waals surface area contributed by atoms with Crippen LogP contribution in [0.1, 0.15) is 11.1 Å². The third-order valence-corrected chi connectivity index (χ3v) is 3.47. The van der Waals surface area contributed by atoms with E-state index >= 15 is 0 Å². The quantitative estimate of drug-likeness (QED) is 0.592. The van der Waals surface area contributed by atoms with Gasteiger partial charge in [0.1, 0.15) is 0 Å². The minimum atomic E-state index is -0.334. The highest BCUT2D eigenvalue weighted by Crippen LogP contribution is 2.47. The van der Waals surface area contributed by atoms with Gasteiger partial charge in [-0.25, -0.2) is 0 Å². The average Bonchev–Trinajstić information content (AvgIpc) is 2.16. The summed E-state index contributed by atoms with van der Waals surface area (Å²) in [5.41, 5.74) is 2.36. The van der Waals surface area contributed by atoms with Crippen LogP contribution >= 0.6 is 63.7 Å². The average molecular weight is 484 g/mol. The Labute approximate surface area is 129 Å². The van der Waals surface area contributed by atoms with Gasteiger partial charge in [0.25, 0.3) is 0 Å². The monoisotopic (exact) mass is 480 g/mol. The number of hydrogen-bond acceptors (Lipinski definition) is 2. The van der Waals surface area contributed by atoms with Crippen molar-refractivity contribution in [2.75, 3.05) is 13.2 Å². The van der Waals surface area contributed by atoms with E-state index in [1.807, 2.05) is 0 Å². The zero-order chi connectivity index (χ0) is 12.8. The Hall–Kier alpha value is 1.06. The van der Waals surface area contributed by atoms with Gasteiger partial charge in [-0.3, -0.25) is 0 Å². The molecule has 2 nitrogen and oxygen atoms in total. The summed E-state index contributed by atoms with van der Waals surface area (Å²) >= 11 is 13.9. The largest absolute Gasteiger partial charge is 0.394 e. The minimum Gasteiger partial charge on any atom is -0.394 e. The molecule has 0 aliphatic heterocycles. The third kappa shape index (κ3) is 6.71. The van der Waals surface area contributed by atoms with Gasteiger partial charge < -0.3 is 10.2 Å². The summed E-state index contributed by atoms with van der Waals surface area (Å²) in [5, 5.41) is 15.2. The fourth-order valence-electron chi connectivity index (χ4n) is 0.850. The Morgan fingerprint density at radius 3 is 1.94 bits per heavy atom. The molecule has 0 spiro atoms. The SMILES string of the molecule is Cc1ccc(C(Br)(Br)Br)c(Br)c1.OCCO. The zero-order valence-corrected chi connectivity index (χ0v) is 14.9. The van der Waals surface area contributed by atoms with Crippen LogP contribution in [0, 0.1) is 6.92 Å². The molecule has 6 heteroatoms. The molecule has 0 amide bonds.